The van der Waals surface area contributed by atoms with Crippen LogP contribution in [0.1, 0.15) is 25.7 Å². The van der Waals surface area contributed by atoms with Crippen molar-refractivity contribution in [2.24, 2.45) is 0 Å². The topological polar surface area (TPSA) is 77.9 Å². The Morgan fingerprint density at radius 2 is 1.78 bits per heavy atom. The third-order valence-electron chi connectivity index (χ3n) is 3.31. The molecule has 0 amide bonds. The Kier molecular flexibility index (Phi) is 4.52. The summed E-state index contributed by atoms with van der Waals surface area (Å²) in [5.41, 5.74) is 0. The molecule has 0 bridgehead atoms. The minimum atomic E-state index is -3.61. The lowest BCUT2D eigenvalue weighted by molar-refractivity contribution is -0.140. The van der Waals surface area contributed by atoms with Gasteiger partial charge in [-0.25, -0.2) is 0 Å². The summed E-state index contributed by atoms with van der Waals surface area (Å²) in [6.07, 6.45) is 3.81. The largest absolute Gasteiger partial charge is 0.480 e. The number of nitrogens with zero attached hydrogens (tertiary/aromatic N) is 2. The molecule has 104 valence electrons. The van der Waals surface area contributed by atoms with Gasteiger partial charge in [0.25, 0.3) is 10.2 Å². The summed E-state index contributed by atoms with van der Waals surface area (Å²) in [5, 5.41) is 9.06. The Hall–Kier alpha value is -0.310. The van der Waals surface area contributed by atoms with Crippen molar-refractivity contribution < 1.29 is 18.3 Å². The van der Waals surface area contributed by atoms with Gasteiger partial charge in [0, 0.05) is 18.8 Å². The first-order chi connectivity index (χ1) is 8.53. The average molecular weight is 294 g/mol. The smallest absolute Gasteiger partial charge is 0.322 e. The number of hydrogen-bond acceptors (Lipinski definition) is 4. The minimum Gasteiger partial charge on any atom is -0.480 e. The molecule has 0 aromatic carbocycles. The Morgan fingerprint density at radius 1 is 1.17 bits per heavy atom. The predicted molar refractivity (Wildman–Crippen MR) is 69.5 cm³/mol. The van der Waals surface area contributed by atoms with E-state index < -0.39 is 22.2 Å². The van der Waals surface area contributed by atoms with E-state index in [9.17, 15) is 13.2 Å². The van der Waals surface area contributed by atoms with E-state index in [4.69, 9.17) is 5.11 Å². The molecule has 2 rings (SSSR count). The van der Waals surface area contributed by atoms with E-state index in [1.807, 2.05) is 0 Å². The van der Waals surface area contributed by atoms with Crippen LogP contribution < -0.4 is 0 Å². The standard InChI is InChI=1S/C10H18N2O4S2/c13-10(14)9-7-17-8-12(9)18(15,16)11-5-3-1-2-4-6-11/h9H,1-8H2,(H,13,14). The van der Waals surface area contributed by atoms with Gasteiger partial charge in [0.05, 0.1) is 5.88 Å². The van der Waals surface area contributed by atoms with Crippen LogP contribution in [-0.2, 0) is 15.0 Å². The molecular formula is C10H18N2O4S2. The first kappa shape index (κ1) is 14.1. The summed E-state index contributed by atoms with van der Waals surface area (Å²) in [7, 11) is -3.61. The molecule has 0 aromatic heterocycles. The van der Waals surface area contributed by atoms with Gasteiger partial charge in [-0.1, -0.05) is 12.8 Å². The highest BCUT2D eigenvalue weighted by Gasteiger charge is 2.42. The van der Waals surface area contributed by atoms with Crippen LogP contribution in [0, 0.1) is 0 Å². The molecule has 0 aliphatic carbocycles. The molecule has 1 N–H and O–H groups in total. The molecule has 8 heteroatoms. The number of aliphatic carboxylic acids is 1. The first-order valence-corrected chi connectivity index (χ1v) is 8.66. The van der Waals surface area contributed by atoms with Crippen molar-refractivity contribution in [2.75, 3.05) is 24.7 Å². The number of carboxylic acids is 1. The van der Waals surface area contributed by atoms with E-state index in [-0.39, 0.29) is 5.88 Å². The second kappa shape index (κ2) is 5.77. The molecule has 2 aliphatic rings. The van der Waals surface area contributed by atoms with Gasteiger partial charge >= 0.3 is 5.97 Å². The molecule has 2 heterocycles. The third-order valence-corrected chi connectivity index (χ3v) is 6.48. The SMILES string of the molecule is O=C(O)C1CSCN1S(=O)(=O)N1CCCCCC1. The highest BCUT2D eigenvalue weighted by atomic mass is 32.2. The molecular weight excluding hydrogens is 276 g/mol. The minimum absolute atomic E-state index is 0.246. The van der Waals surface area contributed by atoms with Crippen LogP contribution in [0.4, 0.5) is 0 Å². The molecule has 2 saturated heterocycles. The highest BCUT2D eigenvalue weighted by molar-refractivity contribution is 8.00. The van der Waals surface area contributed by atoms with Crippen LogP contribution in [0.3, 0.4) is 0 Å². The van der Waals surface area contributed by atoms with Crippen molar-refractivity contribution in [2.45, 2.75) is 31.7 Å². The summed E-state index contributed by atoms with van der Waals surface area (Å²) < 4.78 is 27.4. The Balaban J connectivity index is 2.16. The van der Waals surface area contributed by atoms with E-state index in [0.29, 0.717) is 18.8 Å². The van der Waals surface area contributed by atoms with Crippen LogP contribution in [0.15, 0.2) is 0 Å². The fourth-order valence-electron chi connectivity index (χ4n) is 2.27. The maximum absolute atomic E-state index is 12.4. The maximum atomic E-state index is 12.4. The number of rotatable bonds is 3. The number of carbonyl (C=O) groups is 1. The summed E-state index contributed by atoms with van der Waals surface area (Å²) >= 11 is 1.35. The van der Waals surface area contributed by atoms with Gasteiger partial charge in [-0.05, 0) is 12.8 Å². The molecule has 18 heavy (non-hydrogen) atoms. The van der Waals surface area contributed by atoms with Crippen LogP contribution in [0.25, 0.3) is 0 Å². The zero-order chi connectivity index (χ0) is 13.2. The summed E-state index contributed by atoms with van der Waals surface area (Å²) in [5.74, 6) is -0.475. The number of thioether (sulfide) groups is 1. The quantitative estimate of drug-likeness (QED) is 0.823. The van der Waals surface area contributed by atoms with Gasteiger partial charge in [-0.2, -0.15) is 17.0 Å². The van der Waals surface area contributed by atoms with Gasteiger partial charge in [-0.3, -0.25) is 4.79 Å². The van der Waals surface area contributed by atoms with Crippen molar-refractivity contribution in [1.29, 1.82) is 0 Å². The fraction of sp³-hybridized carbons (Fsp3) is 0.900. The zero-order valence-electron chi connectivity index (χ0n) is 10.1. The highest BCUT2D eigenvalue weighted by Crippen LogP contribution is 2.27. The van der Waals surface area contributed by atoms with Gasteiger partial charge in [0.15, 0.2) is 0 Å². The second-order valence-electron chi connectivity index (χ2n) is 4.56. The van der Waals surface area contributed by atoms with Gasteiger partial charge < -0.3 is 5.11 Å². The van der Waals surface area contributed by atoms with E-state index >= 15 is 0 Å². The van der Waals surface area contributed by atoms with Gasteiger partial charge in [-0.15, -0.1) is 11.8 Å². The number of carboxylic acid groups (broad SMARTS) is 1. The maximum Gasteiger partial charge on any atom is 0.322 e. The average Bonchev–Trinajstić information content (AvgIpc) is 2.65. The Morgan fingerprint density at radius 3 is 2.33 bits per heavy atom. The molecule has 2 aliphatic heterocycles. The third kappa shape index (κ3) is 2.81. The van der Waals surface area contributed by atoms with Crippen molar-refractivity contribution in [3.05, 3.63) is 0 Å². The molecule has 1 atom stereocenters. The lowest BCUT2D eigenvalue weighted by Gasteiger charge is -2.27. The predicted octanol–water partition coefficient (Wildman–Crippen LogP) is 0.567. The molecule has 0 radical (unpaired) electrons. The van der Waals surface area contributed by atoms with Crippen LogP contribution in [0.5, 0.6) is 0 Å². The lowest BCUT2D eigenvalue weighted by atomic mass is 10.2. The molecule has 0 spiro atoms. The van der Waals surface area contributed by atoms with Crippen LogP contribution in [0.2, 0.25) is 0 Å². The van der Waals surface area contributed by atoms with E-state index in [2.05, 4.69) is 0 Å². The zero-order valence-corrected chi connectivity index (χ0v) is 11.8. The van der Waals surface area contributed by atoms with E-state index in [0.717, 1.165) is 30.0 Å². The number of hydrogen-bond donors (Lipinski definition) is 1. The van der Waals surface area contributed by atoms with E-state index in [1.165, 1.54) is 16.1 Å². The van der Waals surface area contributed by atoms with Crippen molar-refractivity contribution >= 4 is 27.9 Å². The molecule has 1 unspecified atom stereocenters. The lowest BCUT2D eigenvalue weighted by Crippen LogP contribution is -2.49. The normalized spacial score (nSPS) is 28.1. The molecule has 6 nitrogen and oxygen atoms in total. The van der Waals surface area contributed by atoms with Gasteiger partial charge in [0.2, 0.25) is 0 Å². The molecule has 0 saturated carbocycles. The summed E-state index contributed by atoms with van der Waals surface area (Å²) in [6.45, 7) is 1.02. The summed E-state index contributed by atoms with van der Waals surface area (Å²) in [6, 6.07) is -0.914. The first-order valence-electron chi connectivity index (χ1n) is 6.11. The fourth-order valence-corrected chi connectivity index (χ4v) is 5.63. The van der Waals surface area contributed by atoms with E-state index in [1.54, 1.807) is 0 Å². The van der Waals surface area contributed by atoms with Crippen LogP contribution in [-0.4, -0.2) is 58.9 Å². The monoisotopic (exact) mass is 294 g/mol. The van der Waals surface area contributed by atoms with Crippen molar-refractivity contribution in [3.8, 4) is 0 Å². The summed E-state index contributed by atoms with van der Waals surface area (Å²) in [4.78, 5) is 11.1. The Labute approximate surface area is 112 Å². The second-order valence-corrected chi connectivity index (χ2v) is 7.44. The van der Waals surface area contributed by atoms with Gasteiger partial charge in [0.1, 0.15) is 6.04 Å². The molecule has 0 aromatic rings. The van der Waals surface area contributed by atoms with Crippen molar-refractivity contribution in [3.63, 3.8) is 0 Å². The van der Waals surface area contributed by atoms with Crippen LogP contribution >= 0.6 is 11.8 Å². The molecule has 2 fully saturated rings. The van der Waals surface area contributed by atoms with Crippen molar-refractivity contribution in [1.82, 2.24) is 8.61 Å². The Bertz CT molecular complexity index is 404.